The molecule has 0 saturated carbocycles. The molecule has 17 heavy (non-hydrogen) atoms. The molecule has 0 fully saturated rings. The van der Waals surface area contributed by atoms with E-state index in [0.29, 0.717) is 0 Å². The minimum absolute atomic E-state index is 0.771. The summed E-state index contributed by atoms with van der Waals surface area (Å²) in [5.74, 6) is 0. The molecule has 2 heteroatoms. The van der Waals surface area contributed by atoms with Gasteiger partial charge < -0.3 is 11.5 Å². The van der Waals surface area contributed by atoms with Gasteiger partial charge in [0.05, 0.1) is 5.66 Å². The van der Waals surface area contributed by atoms with Crippen LogP contribution in [0.2, 0.25) is 0 Å². The lowest BCUT2D eigenvalue weighted by molar-refractivity contribution is 0.520. The van der Waals surface area contributed by atoms with Gasteiger partial charge in [-0.25, -0.2) is 0 Å². The van der Waals surface area contributed by atoms with Crippen molar-refractivity contribution >= 4 is 0 Å². The van der Waals surface area contributed by atoms with Gasteiger partial charge in [0.25, 0.3) is 0 Å². The van der Waals surface area contributed by atoms with Crippen molar-refractivity contribution in [1.82, 2.24) is 0 Å². The predicted octanol–water partition coefficient (Wildman–Crippen LogP) is 2.37. The van der Waals surface area contributed by atoms with Crippen LogP contribution in [-0.2, 0) is 12.1 Å². The third-order valence-electron chi connectivity index (χ3n) is 2.80. The van der Waals surface area contributed by atoms with Crippen molar-refractivity contribution in [3.05, 3.63) is 71.3 Å². The van der Waals surface area contributed by atoms with Gasteiger partial charge in [-0.05, 0) is 30.0 Å². The fraction of sp³-hybridized carbons (Fsp3) is 0.200. The lowest BCUT2D eigenvalue weighted by Gasteiger charge is -2.19. The van der Waals surface area contributed by atoms with Crippen molar-refractivity contribution < 1.29 is 0 Å². The molecule has 0 radical (unpaired) electrons. The van der Waals surface area contributed by atoms with Gasteiger partial charge in [0.1, 0.15) is 0 Å². The number of nitrogens with two attached hydrogens (primary N) is 2. The first-order valence-corrected chi connectivity index (χ1v) is 5.77. The molecule has 0 bridgehead atoms. The largest absolute Gasteiger partial charge is 0.310 e. The van der Waals surface area contributed by atoms with Gasteiger partial charge >= 0.3 is 0 Å². The summed E-state index contributed by atoms with van der Waals surface area (Å²) in [4.78, 5) is 0. The highest BCUT2D eigenvalue weighted by atomic mass is 14.9. The number of benzene rings is 2. The second-order valence-corrected chi connectivity index (χ2v) is 4.65. The maximum atomic E-state index is 5.90. The zero-order valence-corrected chi connectivity index (χ0v) is 10.1. The summed E-state index contributed by atoms with van der Waals surface area (Å²) >= 11 is 0. The van der Waals surface area contributed by atoms with Crippen LogP contribution in [0.4, 0.5) is 0 Å². The topological polar surface area (TPSA) is 52.0 Å². The summed E-state index contributed by atoms with van der Waals surface area (Å²) in [7, 11) is 0. The smallest absolute Gasteiger partial charge is 0.0870 e. The van der Waals surface area contributed by atoms with Gasteiger partial charge in [-0.3, -0.25) is 0 Å². The Morgan fingerprint density at radius 2 is 1.53 bits per heavy atom. The fourth-order valence-corrected chi connectivity index (χ4v) is 1.85. The Labute approximate surface area is 102 Å². The van der Waals surface area contributed by atoms with Gasteiger partial charge in [-0.15, -0.1) is 0 Å². The molecule has 0 aliphatic heterocycles. The van der Waals surface area contributed by atoms with Crippen molar-refractivity contribution in [3.8, 4) is 0 Å². The van der Waals surface area contributed by atoms with E-state index in [1.54, 1.807) is 0 Å². The molecule has 88 valence electrons. The zero-order chi connectivity index (χ0) is 12.3. The lowest BCUT2D eigenvalue weighted by atomic mass is 9.98. The molecule has 2 aromatic carbocycles. The van der Waals surface area contributed by atoms with Crippen LogP contribution in [0.3, 0.4) is 0 Å². The molecule has 0 saturated heterocycles. The molecule has 4 N–H and O–H groups in total. The predicted molar refractivity (Wildman–Crippen MR) is 71.4 cm³/mol. The molecular weight excluding hydrogens is 208 g/mol. The summed E-state index contributed by atoms with van der Waals surface area (Å²) < 4.78 is 0. The van der Waals surface area contributed by atoms with E-state index in [-0.39, 0.29) is 0 Å². The summed E-state index contributed by atoms with van der Waals surface area (Å²) in [5, 5.41) is 0. The van der Waals surface area contributed by atoms with E-state index in [9.17, 15) is 0 Å². The number of hydrogen-bond donors (Lipinski definition) is 2. The Bertz CT molecular complexity index is 484. The Morgan fingerprint density at radius 1 is 0.882 bits per heavy atom. The summed E-state index contributed by atoms with van der Waals surface area (Å²) in [5.41, 5.74) is 14.5. The first-order chi connectivity index (χ1) is 8.05. The average molecular weight is 226 g/mol. The Balaban J connectivity index is 2.23. The van der Waals surface area contributed by atoms with Gasteiger partial charge in [0, 0.05) is 0 Å². The first-order valence-electron chi connectivity index (χ1n) is 5.77. The third kappa shape index (κ3) is 3.16. The molecule has 0 spiro atoms. The molecule has 0 aliphatic carbocycles. The van der Waals surface area contributed by atoms with Gasteiger partial charge in [-0.2, -0.15) is 0 Å². The highest BCUT2D eigenvalue weighted by molar-refractivity contribution is 5.32. The van der Waals surface area contributed by atoms with Crippen LogP contribution in [-0.4, -0.2) is 0 Å². The minimum atomic E-state index is -0.771. The van der Waals surface area contributed by atoms with E-state index in [1.165, 1.54) is 11.1 Å². The van der Waals surface area contributed by atoms with Crippen molar-refractivity contribution in [1.29, 1.82) is 0 Å². The summed E-state index contributed by atoms with van der Waals surface area (Å²) in [6, 6.07) is 18.5. The highest BCUT2D eigenvalue weighted by Gasteiger charge is 2.14. The molecule has 0 aliphatic rings. The number of hydrogen-bond acceptors (Lipinski definition) is 2. The van der Waals surface area contributed by atoms with Crippen molar-refractivity contribution in [3.63, 3.8) is 0 Å². The minimum Gasteiger partial charge on any atom is -0.310 e. The van der Waals surface area contributed by atoms with Crippen LogP contribution in [0, 0.1) is 0 Å². The average Bonchev–Trinajstić information content (AvgIpc) is 2.29. The molecule has 0 unspecified atom stereocenters. The van der Waals surface area contributed by atoms with Crippen LogP contribution in [0.15, 0.2) is 54.6 Å². The summed E-state index contributed by atoms with van der Waals surface area (Å²) in [6.45, 7) is 1.81. The fourth-order valence-electron chi connectivity index (χ4n) is 1.85. The molecule has 0 amide bonds. The highest BCUT2D eigenvalue weighted by Crippen LogP contribution is 2.16. The van der Waals surface area contributed by atoms with Crippen LogP contribution >= 0.6 is 0 Å². The molecule has 2 rings (SSSR count). The van der Waals surface area contributed by atoms with Gasteiger partial charge in [0.15, 0.2) is 0 Å². The van der Waals surface area contributed by atoms with Crippen LogP contribution in [0.5, 0.6) is 0 Å². The third-order valence-corrected chi connectivity index (χ3v) is 2.80. The van der Waals surface area contributed by atoms with Crippen LogP contribution < -0.4 is 11.5 Å². The normalized spacial score (nSPS) is 11.5. The van der Waals surface area contributed by atoms with Gasteiger partial charge in [-0.1, -0.05) is 54.6 Å². The van der Waals surface area contributed by atoms with E-state index in [4.69, 9.17) is 11.5 Å². The van der Waals surface area contributed by atoms with E-state index >= 15 is 0 Å². The maximum Gasteiger partial charge on any atom is 0.0870 e. The molecule has 0 aromatic heterocycles. The van der Waals surface area contributed by atoms with E-state index in [1.807, 2.05) is 25.1 Å². The Hall–Kier alpha value is -1.64. The molecule has 0 atom stereocenters. The first kappa shape index (κ1) is 11.8. The zero-order valence-electron chi connectivity index (χ0n) is 10.1. The number of rotatable bonds is 3. The van der Waals surface area contributed by atoms with Gasteiger partial charge in [0.2, 0.25) is 0 Å². The quantitative estimate of drug-likeness (QED) is 0.789. The second kappa shape index (κ2) is 4.70. The van der Waals surface area contributed by atoms with Crippen molar-refractivity contribution in [2.75, 3.05) is 0 Å². The standard InChI is InChI=1S/C15H18N2/c1-15(16,17)14-9-5-8-13(11-14)10-12-6-3-2-4-7-12/h2-9,11H,10,16-17H2,1H3. The van der Waals surface area contributed by atoms with E-state index in [0.717, 1.165) is 12.0 Å². The summed E-state index contributed by atoms with van der Waals surface area (Å²) in [6.07, 6.45) is 0.907. The monoisotopic (exact) mass is 226 g/mol. The lowest BCUT2D eigenvalue weighted by Crippen LogP contribution is -2.42. The van der Waals surface area contributed by atoms with Crippen LogP contribution in [0.1, 0.15) is 23.6 Å². The SMILES string of the molecule is CC(N)(N)c1cccc(Cc2ccccc2)c1. The van der Waals surface area contributed by atoms with E-state index < -0.39 is 5.66 Å². The van der Waals surface area contributed by atoms with E-state index in [2.05, 4.69) is 36.4 Å². The molecule has 2 aromatic rings. The van der Waals surface area contributed by atoms with Crippen molar-refractivity contribution in [2.24, 2.45) is 11.5 Å². The molecule has 2 nitrogen and oxygen atoms in total. The maximum absolute atomic E-state index is 5.90. The Morgan fingerprint density at radius 3 is 2.18 bits per heavy atom. The Kier molecular flexibility index (Phi) is 3.27. The molecule has 0 heterocycles. The second-order valence-electron chi connectivity index (χ2n) is 4.65. The van der Waals surface area contributed by atoms with Crippen LogP contribution in [0.25, 0.3) is 0 Å². The molecular formula is C15H18N2. The van der Waals surface area contributed by atoms with Crippen molar-refractivity contribution in [2.45, 2.75) is 19.0 Å².